The highest BCUT2D eigenvalue weighted by atomic mass is 32.2. The van der Waals surface area contributed by atoms with Crippen LogP contribution in [0.4, 0.5) is 0 Å². The van der Waals surface area contributed by atoms with Crippen molar-refractivity contribution in [1.82, 2.24) is 0 Å². The summed E-state index contributed by atoms with van der Waals surface area (Å²) >= 11 is 0. The van der Waals surface area contributed by atoms with Crippen molar-refractivity contribution >= 4 is 16.5 Å². The maximum absolute atomic E-state index is 10.5. The van der Waals surface area contributed by atoms with Crippen molar-refractivity contribution in [1.29, 1.82) is 0 Å². The molecule has 0 radical (unpaired) electrons. The van der Waals surface area contributed by atoms with Gasteiger partial charge in [-0.15, -0.1) is 4.36 Å². The molecule has 2 atom stereocenters. The first kappa shape index (κ1) is 10.1. The number of nitrogens with zero attached hydrogens (tertiary/aromatic N) is 1. The number of carboxylic acid groups (broad SMARTS) is 1. The lowest BCUT2D eigenvalue weighted by Gasteiger charge is -2.22. The molecule has 6 nitrogen and oxygen atoms in total. The zero-order valence-corrected chi connectivity index (χ0v) is 7.53. The van der Waals surface area contributed by atoms with Crippen LogP contribution in [0.5, 0.6) is 0 Å². The van der Waals surface area contributed by atoms with Crippen LogP contribution >= 0.6 is 0 Å². The van der Waals surface area contributed by atoms with E-state index in [9.17, 15) is 13.2 Å². The molecule has 0 bridgehead atoms. The summed E-state index contributed by atoms with van der Waals surface area (Å²) in [5.41, 5.74) is 0. The fourth-order valence-corrected chi connectivity index (χ4v) is 1.51. The lowest BCUT2D eigenvalue weighted by atomic mass is 9.99. The summed E-state index contributed by atoms with van der Waals surface area (Å²) in [5, 5.41) is 8.64. The summed E-state index contributed by atoms with van der Waals surface area (Å²) in [5.74, 6) is -1.48. The molecule has 1 aliphatic rings. The third kappa shape index (κ3) is 3.11. The largest absolute Gasteiger partial charge is 0.481 e. The standard InChI is InChI=1S/C6H9NO5S/c8-6(9)4-1-2-12-5(3-4)7-13(10)11/h4-5H,1-3H2,(H,8,9). The summed E-state index contributed by atoms with van der Waals surface area (Å²) < 4.78 is 28.4. The Balaban J connectivity index is 2.61. The Kier molecular flexibility index (Phi) is 3.38. The van der Waals surface area contributed by atoms with E-state index in [2.05, 4.69) is 4.36 Å². The molecular weight excluding hydrogens is 198 g/mol. The normalized spacial score (nSPS) is 28.0. The van der Waals surface area contributed by atoms with E-state index < -0.39 is 28.6 Å². The second kappa shape index (κ2) is 4.33. The van der Waals surface area contributed by atoms with Gasteiger partial charge < -0.3 is 9.84 Å². The van der Waals surface area contributed by atoms with Crippen molar-refractivity contribution in [3.63, 3.8) is 0 Å². The molecule has 1 N–H and O–H groups in total. The van der Waals surface area contributed by atoms with Crippen molar-refractivity contribution in [2.45, 2.75) is 19.1 Å². The Bertz CT molecular complexity index is 314. The molecule has 1 aliphatic heterocycles. The summed E-state index contributed by atoms with van der Waals surface area (Å²) in [7, 11) is -2.53. The van der Waals surface area contributed by atoms with E-state index in [0.717, 1.165) is 0 Å². The zero-order valence-electron chi connectivity index (χ0n) is 6.71. The van der Waals surface area contributed by atoms with Crippen molar-refractivity contribution in [2.75, 3.05) is 6.61 Å². The summed E-state index contributed by atoms with van der Waals surface area (Å²) in [6.45, 7) is 0.238. The topological polar surface area (TPSA) is 93.0 Å². The number of aliphatic carboxylic acids is 1. The molecule has 0 aliphatic carbocycles. The smallest absolute Gasteiger partial charge is 0.313 e. The van der Waals surface area contributed by atoms with Gasteiger partial charge in [0, 0.05) is 6.42 Å². The third-order valence-electron chi connectivity index (χ3n) is 1.82. The van der Waals surface area contributed by atoms with Crippen LogP contribution in [0, 0.1) is 5.92 Å². The van der Waals surface area contributed by atoms with E-state index in [4.69, 9.17) is 9.84 Å². The number of hydrogen-bond donors (Lipinski definition) is 1. The Labute approximate surface area is 76.2 Å². The number of hydrogen-bond acceptors (Lipinski definition) is 5. The van der Waals surface area contributed by atoms with Crippen molar-refractivity contribution in [2.24, 2.45) is 10.3 Å². The average molecular weight is 207 g/mol. The highest BCUT2D eigenvalue weighted by molar-refractivity contribution is 7.61. The van der Waals surface area contributed by atoms with Gasteiger partial charge in [-0.25, -0.2) is 0 Å². The van der Waals surface area contributed by atoms with Crippen molar-refractivity contribution in [3.05, 3.63) is 0 Å². The van der Waals surface area contributed by atoms with Gasteiger partial charge in [0.1, 0.15) is 0 Å². The van der Waals surface area contributed by atoms with Crippen LogP contribution in [-0.2, 0) is 20.0 Å². The minimum atomic E-state index is -2.53. The predicted octanol–water partition coefficient (Wildman–Crippen LogP) is -0.114. The number of ether oxygens (including phenoxy) is 1. The molecule has 1 fully saturated rings. The molecule has 1 heterocycles. The molecule has 0 aromatic rings. The second-order valence-corrected chi connectivity index (χ2v) is 3.35. The third-order valence-corrected chi connectivity index (χ3v) is 2.22. The number of carbonyl (C=O) groups is 1. The van der Waals surface area contributed by atoms with Gasteiger partial charge >= 0.3 is 16.5 Å². The van der Waals surface area contributed by atoms with Gasteiger partial charge in [0.2, 0.25) is 0 Å². The monoisotopic (exact) mass is 207 g/mol. The minimum absolute atomic E-state index is 0.128. The molecule has 13 heavy (non-hydrogen) atoms. The van der Waals surface area contributed by atoms with Gasteiger partial charge in [0.25, 0.3) is 0 Å². The highest BCUT2D eigenvalue weighted by Gasteiger charge is 2.27. The van der Waals surface area contributed by atoms with Crippen LogP contribution in [0.25, 0.3) is 0 Å². The van der Waals surface area contributed by atoms with Gasteiger partial charge in [0.05, 0.1) is 12.5 Å². The van der Waals surface area contributed by atoms with E-state index in [-0.39, 0.29) is 13.0 Å². The van der Waals surface area contributed by atoms with Gasteiger partial charge in [-0.2, -0.15) is 8.42 Å². The maximum Gasteiger partial charge on any atom is 0.313 e. The Morgan fingerprint density at radius 3 is 2.77 bits per heavy atom. The summed E-state index contributed by atoms with van der Waals surface area (Å²) in [6, 6.07) is 0. The molecule has 0 amide bonds. The van der Waals surface area contributed by atoms with Gasteiger partial charge in [-0.1, -0.05) is 0 Å². The van der Waals surface area contributed by atoms with E-state index >= 15 is 0 Å². The zero-order chi connectivity index (χ0) is 9.84. The van der Waals surface area contributed by atoms with E-state index in [0.29, 0.717) is 6.42 Å². The second-order valence-electron chi connectivity index (χ2n) is 2.71. The van der Waals surface area contributed by atoms with Gasteiger partial charge in [0.15, 0.2) is 6.23 Å². The van der Waals surface area contributed by atoms with Crippen LogP contribution < -0.4 is 0 Å². The molecule has 74 valence electrons. The van der Waals surface area contributed by atoms with Gasteiger partial charge in [-0.3, -0.25) is 4.79 Å². The molecule has 0 saturated carbocycles. The fraction of sp³-hybridized carbons (Fsp3) is 0.833. The molecule has 2 unspecified atom stereocenters. The number of carboxylic acids is 1. The fourth-order valence-electron chi connectivity index (χ4n) is 1.17. The molecule has 0 aromatic carbocycles. The predicted molar refractivity (Wildman–Crippen MR) is 41.4 cm³/mol. The van der Waals surface area contributed by atoms with Crippen LogP contribution in [0.2, 0.25) is 0 Å². The minimum Gasteiger partial charge on any atom is -0.481 e. The van der Waals surface area contributed by atoms with E-state index in [1.54, 1.807) is 0 Å². The lowest BCUT2D eigenvalue weighted by Crippen LogP contribution is -2.28. The highest BCUT2D eigenvalue weighted by Crippen LogP contribution is 2.20. The molecular formula is C6H9NO5S. The Morgan fingerprint density at radius 2 is 2.23 bits per heavy atom. The summed E-state index contributed by atoms with van der Waals surface area (Å²) in [4.78, 5) is 10.5. The maximum atomic E-state index is 10.5. The van der Waals surface area contributed by atoms with Crippen LogP contribution in [-0.4, -0.2) is 32.3 Å². The molecule has 1 rings (SSSR count). The van der Waals surface area contributed by atoms with E-state index in [1.807, 2.05) is 0 Å². The molecule has 1 saturated heterocycles. The van der Waals surface area contributed by atoms with Crippen LogP contribution in [0.15, 0.2) is 4.36 Å². The van der Waals surface area contributed by atoms with Crippen LogP contribution in [0.3, 0.4) is 0 Å². The first-order valence-corrected chi connectivity index (χ1v) is 4.77. The molecule has 7 heteroatoms. The first-order chi connectivity index (χ1) is 6.09. The van der Waals surface area contributed by atoms with Gasteiger partial charge in [-0.05, 0) is 6.42 Å². The summed E-state index contributed by atoms with van der Waals surface area (Å²) in [6.07, 6.45) is -0.288. The van der Waals surface area contributed by atoms with Crippen molar-refractivity contribution < 1.29 is 23.1 Å². The Morgan fingerprint density at radius 1 is 1.54 bits per heavy atom. The number of rotatable bonds is 2. The van der Waals surface area contributed by atoms with Crippen molar-refractivity contribution in [3.8, 4) is 0 Å². The first-order valence-electron chi connectivity index (χ1n) is 3.74. The quantitative estimate of drug-likeness (QED) is 0.681. The van der Waals surface area contributed by atoms with E-state index in [1.165, 1.54) is 0 Å². The SMILES string of the molecule is O=C(O)C1CCOC(N=S(=O)=O)C1. The average Bonchev–Trinajstić information content (AvgIpc) is 2.03. The Hall–Kier alpha value is -0.950. The molecule has 0 spiro atoms. The lowest BCUT2D eigenvalue weighted by molar-refractivity contribution is -0.146. The van der Waals surface area contributed by atoms with Crippen LogP contribution in [0.1, 0.15) is 12.8 Å². The molecule has 0 aromatic heterocycles.